The number of hydrogen-bond donors (Lipinski definition) is 1. The van der Waals surface area contributed by atoms with Crippen LogP contribution in [0.2, 0.25) is 0 Å². The number of thioether (sulfide) groups is 1. The van der Waals surface area contributed by atoms with Gasteiger partial charge in [-0.05, 0) is 42.3 Å². The van der Waals surface area contributed by atoms with Crippen molar-refractivity contribution in [3.63, 3.8) is 0 Å². The summed E-state index contributed by atoms with van der Waals surface area (Å²) in [6, 6.07) is 24.8. The van der Waals surface area contributed by atoms with Crippen molar-refractivity contribution in [2.75, 3.05) is 6.61 Å². The van der Waals surface area contributed by atoms with Gasteiger partial charge in [-0.15, -0.1) is 11.3 Å². The highest BCUT2D eigenvalue weighted by Gasteiger charge is 2.13. The summed E-state index contributed by atoms with van der Waals surface area (Å²) < 4.78 is 7.36. The van der Waals surface area contributed by atoms with Crippen LogP contribution in [0.5, 0.6) is 0 Å². The van der Waals surface area contributed by atoms with E-state index in [4.69, 9.17) is 4.74 Å². The standard InChI is InChI=1S/C25H22N2O3S2/c1-17(19-7-3-2-4-8-19)26-23(28)15-30-24(29)20-13-11-18(12-14-20)16-31-25-27-21-9-5-6-10-22(21)32-25/h2-14,17H,15-16H2,1H3,(H,26,28)/t17-/m0/s1. The van der Waals surface area contributed by atoms with Crippen LogP contribution in [0, 0.1) is 0 Å². The molecule has 1 amide bonds. The van der Waals surface area contributed by atoms with E-state index in [1.54, 1.807) is 35.2 Å². The lowest BCUT2D eigenvalue weighted by Gasteiger charge is -2.14. The Morgan fingerprint density at radius 3 is 2.47 bits per heavy atom. The lowest BCUT2D eigenvalue weighted by atomic mass is 10.1. The maximum absolute atomic E-state index is 12.3. The molecule has 1 heterocycles. The highest BCUT2D eigenvalue weighted by Crippen LogP contribution is 2.31. The minimum atomic E-state index is -0.516. The summed E-state index contributed by atoms with van der Waals surface area (Å²) in [7, 11) is 0. The van der Waals surface area contributed by atoms with E-state index in [1.807, 2.05) is 67.6 Å². The predicted octanol–water partition coefficient (Wildman–Crippen LogP) is 5.62. The summed E-state index contributed by atoms with van der Waals surface area (Å²) in [5.74, 6) is -0.0917. The van der Waals surface area contributed by atoms with Gasteiger partial charge in [-0.1, -0.05) is 66.4 Å². The fourth-order valence-corrected chi connectivity index (χ4v) is 5.14. The van der Waals surface area contributed by atoms with Gasteiger partial charge < -0.3 is 10.1 Å². The number of fused-ring (bicyclic) bond motifs is 1. The third kappa shape index (κ3) is 5.75. The summed E-state index contributed by atoms with van der Waals surface area (Å²) in [5, 5.41) is 2.83. The van der Waals surface area contributed by atoms with Crippen molar-refractivity contribution in [3.05, 3.63) is 95.6 Å². The van der Waals surface area contributed by atoms with Gasteiger partial charge in [0.25, 0.3) is 5.91 Å². The van der Waals surface area contributed by atoms with Crippen LogP contribution in [0.25, 0.3) is 10.2 Å². The second kappa shape index (κ2) is 10.4. The topological polar surface area (TPSA) is 68.3 Å². The first kappa shape index (κ1) is 22.0. The van der Waals surface area contributed by atoms with E-state index in [1.165, 1.54) is 4.70 Å². The van der Waals surface area contributed by atoms with Crippen LogP contribution in [0.15, 0.2) is 83.2 Å². The van der Waals surface area contributed by atoms with Crippen LogP contribution in [0.1, 0.15) is 34.5 Å². The van der Waals surface area contributed by atoms with Crippen LogP contribution >= 0.6 is 23.1 Å². The molecule has 0 bridgehead atoms. The zero-order valence-corrected chi connectivity index (χ0v) is 19.1. The average Bonchev–Trinajstić information content (AvgIpc) is 3.25. The molecule has 0 aliphatic carbocycles. The van der Waals surface area contributed by atoms with E-state index in [0.717, 1.165) is 26.7 Å². The summed E-state index contributed by atoms with van der Waals surface area (Å²) >= 11 is 3.35. The van der Waals surface area contributed by atoms with Gasteiger partial charge in [-0.25, -0.2) is 9.78 Å². The first-order chi connectivity index (χ1) is 15.6. The van der Waals surface area contributed by atoms with Gasteiger partial charge in [0.15, 0.2) is 10.9 Å². The molecule has 4 aromatic rings. The van der Waals surface area contributed by atoms with Crippen molar-refractivity contribution >= 4 is 45.2 Å². The van der Waals surface area contributed by atoms with Crippen LogP contribution in [-0.4, -0.2) is 23.5 Å². The molecule has 0 spiro atoms. The minimum Gasteiger partial charge on any atom is -0.452 e. The number of hydrogen-bond acceptors (Lipinski definition) is 6. The molecule has 0 aliphatic rings. The molecule has 1 N–H and O–H groups in total. The number of esters is 1. The molecule has 4 rings (SSSR count). The number of nitrogens with zero attached hydrogens (tertiary/aromatic N) is 1. The number of ether oxygens (including phenoxy) is 1. The molecule has 0 unspecified atom stereocenters. The smallest absolute Gasteiger partial charge is 0.338 e. The van der Waals surface area contributed by atoms with Crippen molar-refractivity contribution in [3.8, 4) is 0 Å². The van der Waals surface area contributed by atoms with Crippen molar-refractivity contribution in [1.29, 1.82) is 0 Å². The van der Waals surface area contributed by atoms with E-state index in [2.05, 4.69) is 16.4 Å². The van der Waals surface area contributed by atoms with E-state index >= 15 is 0 Å². The molecule has 5 nitrogen and oxygen atoms in total. The fourth-order valence-electron chi connectivity index (χ4n) is 3.12. The third-order valence-corrected chi connectivity index (χ3v) is 7.09. The van der Waals surface area contributed by atoms with Crippen molar-refractivity contribution in [2.24, 2.45) is 0 Å². The second-order valence-electron chi connectivity index (χ2n) is 7.21. The molecule has 162 valence electrons. The highest BCUT2D eigenvalue weighted by molar-refractivity contribution is 8.00. The van der Waals surface area contributed by atoms with E-state index in [0.29, 0.717) is 5.56 Å². The average molecular weight is 463 g/mol. The largest absolute Gasteiger partial charge is 0.452 e. The number of amides is 1. The first-order valence-corrected chi connectivity index (χ1v) is 12.0. The monoisotopic (exact) mass is 462 g/mol. The number of thiazole rings is 1. The number of rotatable bonds is 8. The minimum absolute atomic E-state index is 0.158. The molecule has 0 saturated carbocycles. The molecule has 1 aromatic heterocycles. The van der Waals surface area contributed by atoms with Crippen molar-refractivity contribution < 1.29 is 14.3 Å². The summed E-state index contributed by atoms with van der Waals surface area (Å²) in [4.78, 5) is 29.0. The van der Waals surface area contributed by atoms with Crippen LogP contribution in [0.4, 0.5) is 0 Å². The Morgan fingerprint density at radius 2 is 1.72 bits per heavy atom. The molecule has 0 aliphatic heterocycles. The SMILES string of the molecule is C[C@H](NC(=O)COC(=O)c1ccc(CSc2nc3ccccc3s2)cc1)c1ccccc1. The summed E-state index contributed by atoms with van der Waals surface area (Å²) in [6.45, 7) is 1.57. The maximum atomic E-state index is 12.3. The molecule has 7 heteroatoms. The van der Waals surface area contributed by atoms with E-state index in [-0.39, 0.29) is 18.6 Å². The van der Waals surface area contributed by atoms with Gasteiger partial charge in [-0.2, -0.15) is 0 Å². The molecular formula is C25H22N2O3S2. The van der Waals surface area contributed by atoms with Gasteiger partial charge >= 0.3 is 5.97 Å². The number of aromatic nitrogens is 1. The quantitative estimate of drug-likeness (QED) is 0.272. The Balaban J connectivity index is 1.25. The van der Waals surface area contributed by atoms with Crippen LogP contribution < -0.4 is 5.32 Å². The number of nitrogens with one attached hydrogen (secondary N) is 1. The molecule has 3 aromatic carbocycles. The normalized spacial score (nSPS) is 11.8. The number of benzene rings is 3. The Hall–Kier alpha value is -3.16. The lowest BCUT2D eigenvalue weighted by molar-refractivity contribution is -0.124. The van der Waals surface area contributed by atoms with Crippen LogP contribution in [0.3, 0.4) is 0 Å². The zero-order valence-electron chi connectivity index (χ0n) is 17.5. The maximum Gasteiger partial charge on any atom is 0.338 e. The molecule has 1 atom stereocenters. The van der Waals surface area contributed by atoms with E-state index in [9.17, 15) is 9.59 Å². The Labute approximate surface area is 194 Å². The predicted molar refractivity (Wildman–Crippen MR) is 129 cm³/mol. The Bertz CT molecular complexity index is 1170. The van der Waals surface area contributed by atoms with Gasteiger partial charge in [0, 0.05) is 5.75 Å². The second-order valence-corrected chi connectivity index (χ2v) is 9.46. The fraction of sp³-hybridized carbons (Fsp3) is 0.160. The van der Waals surface area contributed by atoms with Gasteiger partial charge in [-0.3, -0.25) is 4.79 Å². The summed E-state index contributed by atoms with van der Waals surface area (Å²) in [5.41, 5.74) is 3.51. The highest BCUT2D eigenvalue weighted by atomic mass is 32.2. The number of carbonyl (C=O) groups excluding carboxylic acids is 2. The first-order valence-electron chi connectivity index (χ1n) is 10.2. The van der Waals surface area contributed by atoms with Crippen molar-refractivity contribution in [1.82, 2.24) is 10.3 Å². The Morgan fingerprint density at radius 1 is 1.00 bits per heavy atom. The molecule has 32 heavy (non-hydrogen) atoms. The van der Waals surface area contributed by atoms with Gasteiger partial charge in [0.2, 0.25) is 0 Å². The number of para-hydroxylation sites is 1. The zero-order chi connectivity index (χ0) is 22.3. The molecule has 0 saturated heterocycles. The number of carbonyl (C=O) groups is 2. The molecule has 0 radical (unpaired) electrons. The molecule has 0 fully saturated rings. The van der Waals surface area contributed by atoms with Crippen molar-refractivity contribution in [2.45, 2.75) is 23.1 Å². The van der Waals surface area contributed by atoms with E-state index < -0.39 is 5.97 Å². The Kier molecular flexibility index (Phi) is 7.19. The van der Waals surface area contributed by atoms with Gasteiger partial charge in [0.1, 0.15) is 0 Å². The lowest BCUT2D eigenvalue weighted by Crippen LogP contribution is -2.31. The summed E-state index contributed by atoms with van der Waals surface area (Å²) in [6.07, 6.45) is 0. The van der Waals surface area contributed by atoms with Crippen LogP contribution in [-0.2, 0) is 15.3 Å². The third-order valence-electron chi connectivity index (χ3n) is 4.84. The van der Waals surface area contributed by atoms with Gasteiger partial charge in [0.05, 0.1) is 21.8 Å². The molecular weight excluding hydrogens is 440 g/mol.